The fraction of sp³-hybridized carbons (Fsp3) is 0.786. The summed E-state index contributed by atoms with van der Waals surface area (Å²) in [6.45, 7) is 14.3. The first-order valence-electron chi connectivity index (χ1n) is 6.47. The van der Waals surface area contributed by atoms with Gasteiger partial charge in [-0.15, -0.1) is 11.3 Å². The number of aromatic nitrogens is 1. The smallest absolute Gasteiger partial charge is 0.107 e. The molecule has 1 aromatic heterocycles. The van der Waals surface area contributed by atoms with Gasteiger partial charge in [0.15, 0.2) is 0 Å². The first-order valence-corrected chi connectivity index (χ1v) is 7.35. The van der Waals surface area contributed by atoms with Crippen molar-refractivity contribution in [2.45, 2.75) is 66.0 Å². The van der Waals surface area contributed by atoms with Gasteiger partial charge in [0.2, 0.25) is 0 Å². The highest BCUT2D eigenvalue weighted by molar-refractivity contribution is 7.09. The van der Waals surface area contributed by atoms with E-state index in [1.165, 1.54) is 17.1 Å². The third kappa shape index (κ3) is 5.17. The molecule has 0 radical (unpaired) electrons. The van der Waals surface area contributed by atoms with Crippen LogP contribution in [0.4, 0.5) is 0 Å². The molecule has 0 saturated heterocycles. The van der Waals surface area contributed by atoms with Gasteiger partial charge in [0.05, 0.1) is 5.69 Å². The molecule has 0 bridgehead atoms. The summed E-state index contributed by atoms with van der Waals surface area (Å²) in [5.41, 5.74) is 1.37. The lowest BCUT2D eigenvalue weighted by atomic mass is 9.93. The van der Waals surface area contributed by atoms with Crippen molar-refractivity contribution < 1.29 is 0 Å². The van der Waals surface area contributed by atoms with Gasteiger partial charge in [0.25, 0.3) is 0 Å². The summed E-state index contributed by atoms with van der Waals surface area (Å²) < 4.78 is 0. The molecular weight excluding hydrogens is 228 g/mol. The molecule has 0 aromatic carbocycles. The van der Waals surface area contributed by atoms with Crippen LogP contribution < -0.4 is 5.32 Å². The van der Waals surface area contributed by atoms with E-state index in [1.54, 1.807) is 11.3 Å². The summed E-state index contributed by atoms with van der Waals surface area (Å²) in [6, 6.07) is 0.567. The summed E-state index contributed by atoms with van der Waals surface area (Å²) in [4.78, 5) is 4.69. The number of hydrogen-bond acceptors (Lipinski definition) is 3. The van der Waals surface area contributed by atoms with Gasteiger partial charge in [-0.05, 0) is 19.3 Å². The number of rotatable bonds is 5. The normalized spacial score (nSPS) is 14.3. The second-order valence-corrected chi connectivity index (χ2v) is 7.23. The Morgan fingerprint density at radius 1 is 1.29 bits per heavy atom. The summed E-state index contributed by atoms with van der Waals surface area (Å²) in [5, 5.41) is 6.93. The maximum Gasteiger partial charge on any atom is 0.107 e. The van der Waals surface area contributed by atoms with E-state index in [-0.39, 0.29) is 5.41 Å². The summed E-state index contributed by atoms with van der Waals surface area (Å²) in [7, 11) is 0. The third-order valence-electron chi connectivity index (χ3n) is 2.75. The average Bonchev–Trinajstić information content (AvgIpc) is 2.61. The zero-order chi connectivity index (χ0) is 13.1. The Balaban J connectivity index is 2.45. The van der Waals surface area contributed by atoms with Gasteiger partial charge < -0.3 is 5.32 Å². The Labute approximate surface area is 110 Å². The highest BCUT2D eigenvalue weighted by Crippen LogP contribution is 2.23. The molecule has 1 aromatic rings. The molecule has 0 saturated carbocycles. The molecule has 0 amide bonds. The minimum absolute atomic E-state index is 0.165. The molecule has 1 unspecified atom stereocenters. The van der Waals surface area contributed by atoms with Gasteiger partial charge >= 0.3 is 0 Å². The summed E-state index contributed by atoms with van der Waals surface area (Å²) in [6.07, 6.45) is 1.22. The zero-order valence-electron chi connectivity index (χ0n) is 12.0. The molecule has 0 spiro atoms. The number of hydrogen-bond donors (Lipinski definition) is 1. The van der Waals surface area contributed by atoms with E-state index >= 15 is 0 Å². The Morgan fingerprint density at radius 3 is 2.41 bits per heavy atom. The van der Waals surface area contributed by atoms with Gasteiger partial charge in [0, 0.05) is 23.4 Å². The van der Waals surface area contributed by atoms with Gasteiger partial charge in [-0.3, -0.25) is 0 Å². The molecule has 98 valence electrons. The maximum absolute atomic E-state index is 4.69. The molecule has 1 N–H and O–H groups in total. The number of nitrogens with zero attached hydrogens (tertiary/aromatic N) is 1. The van der Waals surface area contributed by atoms with Gasteiger partial charge in [-0.25, -0.2) is 4.98 Å². The topological polar surface area (TPSA) is 24.9 Å². The Kier molecular flexibility index (Phi) is 5.14. The van der Waals surface area contributed by atoms with Crippen LogP contribution in [0.3, 0.4) is 0 Å². The van der Waals surface area contributed by atoms with E-state index in [1.807, 2.05) is 0 Å². The van der Waals surface area contributed by atoms with Crippen molar-refractivity contribution in [2.24, 2.45) is 5.92 Å². The highest BCUT2D eigenvalue weighted by atomic mass is 32.1. The van der Waals surface area contributed by atoms with Gasteiger partial charge in [0.1, 0.15) is 5.01 Å². The Morgan fingerprint density at radius 2 is 1.94 bits per heavy atom. The van der Waals surface area contributed by atoms with E-state index in [4.69, 9.17) is 0 Å². The first-order chi connectivity index (χ1) is 7.79. The van der Waals surface area contributed by atoms with Gasteiger partial charge in [-0.1, -0.05) is 34.6 Å². The van der Waals surface area contributed by atoms with Crippen LogP contribution in [-0.2, 0) is 12.0 Å². The van der Waals surface area contributed by atoms with E-state index in [0.717, 1.165) is 12.5 Å². The van der Waals surface area contributed by atoms with E-state index in [2.05, 4.69) is 57.2 Å². The molecule has 0 aliphatic carbocycles. The fourth-order valence-corrected chi connectivity index (χ4v) is 2.76. The van der Waals surface area contributed by atoms with Crippen molar-refractivity contribution in [2.75, 3.05) is 0 Å². The second kappa shape index (κ2) is 5.96. The van der Waals surface area contributed by atoms with Crippen LogP contribution in [0.15, 0.2) is 5.38 Å². The van der Waals surface area contributed by atoms with Crippen LogP contribution in [0.1, 0.15) is 58.7 Å². The quantitative estimate of drug-likeness (QED) is 0.860. The minimum atomic E-state index is 0.165. The fourth-order valence-electron chi connectivity index (χ4n) is 1.79. The predicted molar refractivity (Wildman–Crippen MR) is 76.6 cm³/mol. The lowest BCUT2D eigenvalue weighted by Gasteiger charge is -2.15. The van der Waals surface area contributed by atoms with Crippen LogP contribution in [0, 0.1) is 5.92 Å². The predicted octanol–water partition coefficient (Wildman–Crippen LogP) is 3.96. The van der Waals surface area contributed by atoms with E-state index in [0.29, 0.717) is 6.04 Å². The van der Waals surface area contributed by atoms with Crippen LogP contribution in [0.2, 0.25) is 0 Å². The van der Waals surface area contributed by atoms with Crippen LogP contribution in [0.25, 0.3) is 0 Å². The molecule has 0 aliphatic rings. The summed E-state index contributed by atoms with van der Waals surface area (Å²) >= 11 is 1.76. The average molecular weight is 254 g/mol. The Bertz CT molecular complexity index is 336. The number of thiazole rings is 1. The molecule has 0 fully saturated rings. The monoisotopic (exact) mass is 254 g/mol. The number of nitrogens with one attached hydrogen (secondary N) is 1. The molecule has 2 nitrogen and oxygen atoms in total. The molecule has 1 atom stereocenters. The molecule has 3 heteroatoms. The van der Waals surface area contributed by atoms with Gasteiger partial charge in [-0.2, -0.15) is 0 Å². The largest absolute Gasteiger partial charge is 0.308 e. The summed E-state index contributed by atoms with van der Waals surface area (Å²) in [5.74, 6) is 0.749. The van der Waals surface area contributed by atoms with Crippen molar-refractivity contribution >= 4 is 11.3 Å². The lowest BCUT2D eigenvalue weighted by Crippen LogP contribution is -2.26. The lowest BCUT2D eigenvalue weighted by molar-refractivity contribution is 0.440. The molecular formula is C14H26N2S. The van der Waals surface area contributed by atoms with Crippen molar-refractivity contribution in [1.29, 1.82) is 0 Å². The van der Waals surface area contributed by atoms with Crippen molar-refractivity contribution in [3.8, 4) is 0 Å². The van der Waals surface area contributed by atoms with Crippen molar-refractivity contribution in [3.05, 3.63) is 16.1 Å². The third-order valence-corrected chi connectivity index (χ3v) is 3.60. The molecule has 1 rings (SSSR count). The molecule has 0 aliphatic heterocycles. The van der Waals surface area contributed by atoms with Crippen LogP contribution in [-0.4, -0.2) is 11.0 Å². The minimum Gasteiger partial charge on any atom is -0.308 e. The Hall–Kier alpha value is -0.410. The van der Waals surface area contributed by atoms with E-state index in [9.17, 15) is 0 Å². The first kappa shape index (κ1) is 14.7. The van der Waals surface area contributed by atoms with E-state index < -0.39 is 0 Å². The van der Waals surface area contributed by atoms with Crippen LogP contribution >= 0.6 is 11.3 Å². The van der Waals surface area contributed by atoms with Crippen LogP contribution in [0.5, 0.6) is 0 Å². The molecule has 1 heterocycles. The standard InChI is InChI=1S/C14H26N2S/c1-10(2)7-11(3)15-8-13-16-12(9-17-13)14(4,5)6/h9-11,15H,7-8H2,1-6H3. The second-order valence-electron chi connectivity index (χ2n) is 6.29. The maximum atomic E-state index is 4.69. The zero-order valence-corrected chi connectivity index (χ0v) is 12.8. The van der Waals surface area contributed by atoms with Crippen molar-refractivity contribution in [1.82, 2.24) is 10.3 Å². The highest BCUT2D eigenvalue weighted by Gasteiger charge is 2.17. The van der Waals surface area contributed by atoms with Crippen molar-refractivity contribution in [3.63, 3.8) is 0 Å². The molecule has 17 heavy (non-hydrogen) atoms. The SMILES string of the molecule is CC(C)CC(C)NCc1nc(C(C)(C)C)cs1.